The second-order valence-corrected chi connectivity index (χ2v) is 7.59. The van der Waals surface area contributed by atoms with Crippen LogP contribution in [0.3, 0.4) is 0 Å². The fraction of sp³-hybridized carbons (Fsp3) is 0.391. The van der Waals surface area contributed by atoms with Gasteiger partial charge in [-0.3, -0.25) is 0 Å². The smallest absolute Gasteiger partial charge is 0.347 e. The van der Waals surface area contributed by atoms with Gasteiger partial charge in [-0.05, 0) is 76.0 Å². The highest BCUT2D eigenvalue weighted by atomic mass is 16.5. The van der Waals surface area contributed by atoms with Gasteiger partial charge in [0, 0.05) is 6.42 Å². The van der Waals surface area contributed by atoms with Crippen LogP contribution in [0.1, 0.15) is 38.1 Å². The Labute approximate surface area is 170 Å². The number of carbonyl (C=O) groups is 1. The van der Waals surface area contributed by atoms with E-state index in [0.29, 0.717) is 5.75 Å². The summed E-state index contributed by atoms with van der Waals surface area (Å²) >= 11 is 0. The van der Waals surface area contributed by atoms with E-state index in [4.69, 9.17) is 14.3 Å². The lowest BCUT2D eigenvalue weighted by atomic mass is 10.1. The first-order valence-corrected chi connectivity index (χ1v) is 10.0. The number of ether oxygens (including phenoxy) is 1. The number of hydrogen-bond donors (Lipinski definition) is 2. The summed E-state index contributed by atoms with van der Waals surface area (Å²) in [6.45, 7) is 4.95. The summed E-state index contributed by atoms with van der Waals surface area (Å²) in [4.78, 5) is 15.6. The van der Waals surface area contributed by atoms with E-state index in [-0.39, 0.29) is 0 Å². The molecule has 0 aliphatic heterocycles. The van der Waals surface area contributed by atoms with E-state index in [2.05, 4.69) is 10.3 Å². The van der Waals surface area contributed by atoms with Gasteiger partial charge in [-0.2, -0.15) is 0 Å². The Morgan fingerprint density at radius 1 is 1.07 bits per heavy atom. The predicted octanol–water partition coefficient (Wildman–Crippen LogP) is 4.22. The van der Waals surface area contributed by atoms with Crippen molar-refractivity contribution in [1.29, 1.82) is 0 Å². The maximum Gasteiger partial charge on any atom is 0.347 e. The number of nitrogens with one attached hydrogen (secondary N) is 1. The highest BCUT2D eigenvalue weighted by Crippen LogP contribution is 2.20. The molecule has 0 bridgehead atoms. The van der Waals surface area contributed by atoms with Crippen LogP contribution in [0.4, 0.5) is 0 Å². The molecule has 0 atom stereocenters. The van der Waals surface area contributed by atoms with Gasteiger partial charge in [-0.1, -0.05) is 24.3 Å². The minimum atomic E-state index is -1.23. The molecule has 0 fully saturated rings. The lowest BCUT2D eigenvalue weighted by molar-refractivity contribution is -0.152. The number of hydrogen-bond acceptors (Lipinski definition) is 5. The number of oxazole rings is 1. The lowest BCUT2D eigenvalue weighted by Crippen LogP contribution is -2.37. The zero-order chi connectivity index (χ0) is 20.7. The third-order valence-electron chi connectivity index (χ3n) is 4.71. The molecule has 3 aromatic rings. The van der Waals surface area contributed by atoms with Gasteiger partial charge < -0.3 is 19.6 Å². The van der Waals surface area contributed by atoms with E-state index in [1.54, 1.807) is 13.8 Å². The average Bonchev–Trinajstić information content (AvgIpc) is 3.11. The number of fused-ring (bicyclic) bond motifs is 1. The van der Waals surface area contributed by atoms with Gasteiger partial charge in [0.2, 0.25) is 0 Å². The van der Waals surface area contributed by atoms with E-state index in [9.17, 15) is 4.79 Å². The molecule has 1 aromatic heterocycles. The first-order chi connectivity index (χ1) is 13.9. The van der Waals surface area contributed by atoms with Crippen LogP contribution < -0.4 is 10.1 Å². The summed E-state index contributed by atoms with van der Waals surface area (Å²) in [5.41, 5.74) is 1.74. The number of carboxylic acid groups (broad SMARTS) is 1. The van der Waals surface area contributed by atoms with Crippen LogP contribution in [0.2, 0.25) is 0 Å². The number of aryl methyl sites for hydroxylation is 2. The molecule has 29 heavy (non-hydrogen) atoms. The Hall–Kier alpha value is -2.86. The maximum absolute atomic E-state index is 11.1. The summed E-state index contributed by atoms with van der Waals surface area (Å²) in [6.07, 6.45) is 3.80. The van der Waals surface area contributed by atoms with Crippen molar-refractivity contribution in [3.63, 3.8) is 0 Å². The fourth-order valence-electron chi connectivity index (χ4n) is 3.00. The Bertz CT molecular complexity index is 898. The maximum atomic E-state index is 11.1. The monoisotopic (exact) mass is 396 g/mol. The van der Waals surface area contributed by atoms with Gasteiger partial charge in [-0.25, -0.2) is 9.78 Å². The number of para-hydroxylation sites is 2. The topological polar surface area (TPSA) is 84.6 Å². The lowest BCUT2D eigenvalue weighted by Gasteiger charge is -2.21. The second kappa shape index (κ2) is 9.56. The van der Waals surface area contributed by atoms with Gasteiger partial charge in [0.25, 0.3) is 0 Å². The molecule has 0 aliphatic rings. The summed E-state index contributed by atoms with van der Waals surface area (Å²) in [7, 11) is 0. The zero-order valence-electron chi connectivity index (χ0n) is 17.0. The van der Waals surface area contributed by atoms with Crippen LogP contribution in [0, 0.1) is 0 Å². The molecule has 1 heterocycles. The van der Waals surface area contributed by atoms with Gasteiger partial charge >= 0.3 is 5.97 Å². The Morgan fingerprint density at radius 3 is 2.45 bits per heavy atom. The minimum Gasteiger partial charge on any atom is -0.478 e. The summed E-state index contributed by atoms with van der Waals surface area (Å²) in [5.74, 6) is 0.378. The SMILES string of the molecule is CC(C)(Oc1ccc(CCCNCCCc2nc3ccccc3o2)cc1)C(=O)O. The van der Waals surface area contributed by atoms with Gasteiger partial charge in [0.05, 0.1) is 0 Å². The molecule has 0 spiro atoms. The normalized spacial score (nSPS) is 11.7. The van der Waals surface area contributed by atoms with Gasteiger partial charge in [-0.15, -0.1) is 0 Å². The Morgan fingerprint density at radius 2 is 1.76 bits per heavy atom. The molecule has 0 radical (unpaired) electrons. The molecule has 6 heteroatoms. The molecule has 154 valence electrons. The quantitative estimate of drug-likeness (QED) is 0.472. The molecule has 6 nitrogen and oxygen atoms in total. The molecular formula is C23H28N2O4. The first kappa shape index (κ1) is 20.9. The Kier molecular flexibility index (Phi) is 6.88. The predicted molar refractivity (Wildman–Crippen MR) is 112 cm³/mol. The molecule has 0 amide bonds. The van der Waals surface area contributed by atoms with Crippen molar-refractivity contribution in [2.45, 2.75) is 45.1 Å². The van der Waals surface area contributed by atoms with E-state index in [1.165, 1.54) is 5.56 Å². The number of rotatable bonds is 11. The van der Waals surface area contributed by atoms with Crippen molar-refractivity contribution >= 4 is 17.1 Å². The molecule has 0 unspecified atom stereocenters. The number of nitrogens with zero attached hydrogens (tertiary/aromatic N) is 1. The first-order valence-electron chi connectivity index (χ1n) is 10.0. The second-order valence-electron chi connectivity index (χ2n) is 7.59. The molecule has 3 rings (SSSR count). The van der Waals surface area contributed by atoms with Crippen LogP contribution in [-0.4, -0.2) is 34.8 Å². The summed E-state index contributed by atoms with van der Waals surface area (Å²) in [5, 5.41) is 12.6. The third-order valence-corrected chi connectivity index (χ3v) is 4.71. The average molecular weight is 396 g/mol. The van der Waals surface area contributed by atoms with E-state index >= 15 is 0 Å². The molecule has 2 N–H and O–H groups in total. The van der Waals surface area contributed by atoms with Crippen molar-refractivity contribution in [3.8, 4) is 5.75 Å². The fourth-order valence-corrected chi connectivity index (χ4v) is 3.00. The van der Waals surface area contributed by atoms with Gasteiger partial charge in [0.1, 0.15) is 11.3 Å². The molecule has 0 aliphatic carbocycles. The van der Waals surface area contributed by atoms with Crippen LogP contribution in [-0.2, 0) is 17.6 Å². The van der Waals surface area contributed by atoms with E-state index in [1.807, 2.05) is 48.5 Å². The standard InChI is InChI=1S/C23H28N2O4/c1-23(2,22(26)27)29-18-13-11-17(12-14-18)7-5-15-24-16-6-10-21-25-19-8-3-4-9-20(19)28-21/h3-4,8-9,11-14,24H,5-7,10,15-16H2,1-2H3,(H,26,27). The number of aliphatic carboxylic acids is 1. The van der Waals surface area contributed by atoms with Crippen LogP contribution >= 0.6 is 0 Å². The Balaban J connectivity index is 1.31. The van der Waals surface area contributed by atoms with Crippen molar-refractivity contribution < 1.29 is 19.1 Å². The van der Waals surface area contributed by atoms with E-state index in [0.717, 1.165) is 55.8 Å². The molecule has 2 aromatic carbocycles. The number of aromatic nitrogens is 1. The van der Waals surface area contributed by atoms with Crippen molar-refractivity contribution in [2.75, 3.05) is 13.1 Å². The summed E-state index contributed by atoms with van der Waals surface area (Å²) in [6, 6.07) is 15.5. The van der Waals surface area contributed by atoms with Crippen molar-refractivity contribution in [2.24, 2.45) is 0 Å². The molecule has 0 saturated heterocycles. The molecule has 0 saturated carbocycles. The largest absolute Gasteiger partial charge is 0.478 e. The summed E-state index contributed by atoms with van der Waals surface area (Å²) < 4.78 is 11.2. The zero-order valence-corrected chi connectivity index (χ0v) is 17.0. The molecular weight excluding hydrogens is 368 g/mol. The van der Waals surface area contributed by atoms with Crippen LogP contribution in [0.15, 0.2) is 52.9 Å². The number of benzene rings is 2. The third kappa shape index (κ3) is 6.06. The van der Waals surface area contributed by atoms with E-state index < -0.39 is 11.6 Å². The highest BCUT2D eigenvalue weighted by molar-refractivity contribution is 5.76. The van der Waals surface area contributed by atoms with Gasteiger partial charge in [0.15, 0.2) is 17.1 Å². The highest BCUT2D eigenvalue weighted by Gasteiger charge is 2.29. The van der Waals surface area contributed by atoms with Crippen molar-refractivity contribution in [3.05, 3.63) is 60.0 Å². The van der Waals surface area contributed by atoms with Crippen molar-refractivity contribution in [1.82, 2.24) is 10.3 Å². The van der Waals surface area contributed by atoms with Crippen LogP contribution in [0.5, 0.6) is 5.75 Å². The van der Waals surface area contributed by atoms with Crippen LogP contribution in [0.25, 0.3) is 11.1 Å². The number of carboxylic acids is 1. The minimum absolute atomic E-state index is 0.568.